The molecule has 0 aliphatic carbocycles. The SMILES string of the molecule is COc1ccc(C(C)N2CCCC(OC)C2)c(O)c1. The topological polar surface area (TPSA) is 41.9 Å². The van der Waals surface area contributed by atoms with E-state index >= 15 is 0 Å². The summed E-state index contributed by atoms with van der Waals surface area (Å²) in [6.07, 6.45) is 2.56. The van der Waals surface area contributed by atoms with Gasteiger partial charge in [0.15, 0.2) is 0 Å². The summed E-state index contributed by atoms with van der Waals surface area (Å²) in [7, 11) is 3.37. The molecule has 4 heteroatoms. The Morgan fingerprint density at radius 1 is 1.37 bits per heavy atom. The Labute approximate surface area is 114 Å². The average Bonchev–Trinajstić information content (AvgIpc) is 2.46. The molecular weight excluding hydrogens is 242 g/mol. The van der Waals surface area contributed by atoms with Gasteiger partial charge < -0.3 is 14.6 Å². The molecule has 106 valence electrons. The number of likely N-dealkylation sites (tertiary alicyclic amines) is 1. The van der Waals surface area contributed by atoms with Crippen LogP contribution in [0.3, 0.4) is 0 Å². The third kappa shape index (κ3) is 3.19. The van der Waals surface area contributed by atoms with Crippen LogP contribution >= 0.6 is 0 Å². The maximum absolute atomic E-state index is 10.1. The first-order chi connectivity index (χ1) is 9.15. The molecule has 1 aromatic rings. The van der Waals surface area contributed by atoms with Gasteiger partial charge in [-0.1, -0.05) is 6.07 Å². The van der Waals surface area contributed by atoms with Crippen LogP contribution in [0, 0.1) is 0 Å². The molecule has 1 aromatic carbocycles. The highest BCUT2D eigenvalue weighted by atomic mass is 16.5. The van der Waals surface area contributed by atoms with Crippen molar-refractivity contribution >= 4 is 0 Å². The van der Waals surface area contributed by atoms with Crippen molar-refractivity contribution in [2.24, 2.45) is 0 Å². The second-order valence-electron chi connectivity index (χ2n) is 5.10. The molecule has 1 heterocycles. The van der Waals surface area contributed by atoms with Gasteiger partial charge in [-0.25, -0.2) is 0 Å². The van der Waals surface area contributed by atoms with Gasteiger partial charge in [-0.05, 0) is 32.4 Å². The predicted octanol–water partition coefficient (Wildman–Crippen LogP) is 2.57. The van der Waals surface area contributed by atoms with E-state index in [4.69, 9.17) is 9.47 Å². The van der Waals surface area contributed by atoms with Crippen LogP contribution in [0.15, 0.2) is 18.2 Å². The fraction of sp³-hybridized carbons (Fsp3) is 0.600. The van der Waals surface area contributed by atoms with Crippen molar-refractivity contribution in [1.82, 2.24) is 4.90 Å². The number of benzene rings is 1. The van der Waals surface area contributed by atoms with Gasteiger partial charge in [-0.15, -0.1) is 0 Å². The Kier molecular flexibility index (Phi) is 4.66. The second-order valence-corrected chi connectivity index (χ2v) is 5.10. The lowest BCUT2D eigenvalue weighted by Gasteiger charge is -2.36. The Morgan fingerprint density at radius 2 is 2.16 bits per heavy atom. The van der Waals surface area contributed by atoms with Gasteiger partial charge in [0.05, 0.1) is 13.2 Å². The molecule has 0 aromatic heterocycles. The summed E-state index contributed by atoms with van der Waals surface area (Å²) in [4.78, 5) is 2.36. The number of phenols is 1. The number of phenolic OH excluding ortho intramolecular Hbond substituents is 1. The van der Waals surface area contributed by atoms with Gasteiger partial charge in [0.1, 0.15) is 11.5 Å². The standard InChI is InChI=1S/C15H23NO3/c1-11(16-8-4-5-13(10-16)19-3)14-7-6-12(18-2)9-15(14)17/h6-7,9,11,13,17H,4-5,8,10H2,1-3H3. The zero-order valence-corrected chi connectivity index (χ0v) is 11.9. The second kappa shape index (κ2) is 6.26. The number of hydrogen-bond acceptors (Lipinski definition) is 4. The third-order valence-corrected chi connectivity index (χ3v) is 3.98. The number of rotatable bonds is 4. The van der Waals surface area contributed by atoms with E-state index < -0.39 is 0 Å². The Bertz CT molecular complexity index is 422. The van der Waals surface area contributed by atoms with Gasteiger partial charge in [-0.2, -0.15) is 0 Å². The van der Waals surface area contributed by atoms with Crippen molar-refractivity contribution in [2.75, 3.05) is 27.3 Å². The van der Waals surface area contributed by atoms with E-state index in [2.05, 4.69) is 11.8 Å². The molecule has 0 saturated carbocycles. The molecule has 2 unspecified atom stereocenters. The van der Waals surface area contributed by atoms with E-state index in [1.165, 1.54) is 0 Å². The molecule has 0 amide bonds. The fourth-order valence-electron chi connectivity index (χ4n) is 2.71. The molecule has 2 atom stereocenters. The van der Waals surface area contributed by atoms with Crippen molar-refractivity contribution in [2.45, 2.75) is 31.9 Å². The lowest BCUT2D eigenvalue weighted by Crippen LogP contribution is -2.40. The number of aromatic hydroxyl groups is 1. The van der Waals surface area contributed by atoms with Gasteiger partial charge in [-0.3, -0.25) is 4.90 Å². The van der Waals surface area contributed by atoms with Gasteiger partial charge >= 0.3 is 0 Å². The molecule has 1 saturated heterocycles. The van der Waals surface area contributed by atoms with Crippen LogP contribution in [0.2, 0.25) is 0 Å². The van der Waals surface area contributed by atoms with E-state index in [-0.39, 0.29) is 6.04 Å². The molecule has 2 rings (SSSR count). The van der Waals surface area contributed by atoms with Gasteiger partial charge in [0, 0.05) is 31.3 Å². The van der Waals surface area contributed by atoms with E-state index in [1.54, 1.807) is 20.3 Å². The molecule has 4 nitrogen and oxygen atoms in total. The van der Waals surface area contributed by atoms with Gasteiger partial charge in [0.25, 0.3) is 0 Å². The molecule has 0 radical (unpaired) electrons. The smallest absolute Gasteiger partial charge is 0.124 e. The lowest BCUT2D eigenvalue weighted by atomic mass is 10.0. The zero-order chi connectivity index (χ0) is 13.8. The third-order valence-electron chi connectivity index (χ3n) is 3.98. The molecule has 1 N–H and O–H groups in total. The van der Waals surface area contributed by atoms with Crippen LogP contribution in [0.5, 0.6) is 11.5 Å². The van der Waals surface area contributed by atoms with Crippen molar-refractivity contribution in [3.63, 3.8) is 0 Å². The Morgan fingerprint density at radius 3 is 2.79 bits per heavy atom. The van der Waals surface area contributed by atoms with Crippen LogP contribution < -0.4 is 4.74 Å². The Hall–Kier alpha value is -1.26. The summed E-state index contributed by atoms with van der Waals surface area (Å²) in [5, 5.41) is 10.1. The summed E-state index contributed by atoms with van der Waals surface area (Å²) in [5.41, 5.74) is 0.942. The first-order valence-electron chi connectivity index (χ1n) is 6.79. The molecule has 1 aliphatic rings. The quantitative estimate of drug-likeness (QED) is 0.908. The first kappa shape index (κ1) is 14.2. The van der Waals surface area contributed by atoms with E-state index in [0.29, 0.717) is 17.6 Å². The lowest BCUT2D eigenvalue weighted by molar-refractivity contribution is 0.0167. The molecule has 1 fully saturated rings. The van der Waals surface area contributed by atoms with Crippen LogP contribution in [0.4, 0.5) is 0 Å². The summed E-state index contributed by atoms with van der Waals surface area (Å²) < 4.78 is 10.6. The number of methoxy groups -OCH3 is 2. The van der Waals surface area contributed by atoms with Crippen molar-refractivity contribution in [3.05, 3.63) is 23.8 Å². The maximum atomic E-state index is 10.1. The maximum Gasteiger partial charge on any atom is 0.124 e. The summed E-state index contributed by atoms with van der Waals surface area (Å²) in [6, 6.07) is 5.69. The fourth-order valence-corrected chi connectivity index (χ4v) is 2.71. The van der Waals surface area contributed by atoms with Gasteiger partial charge in [0.2, 0.25) is 0 Å². The predicted molar refractivity (Wildman–Crippen MR) is 74.7 cm³/mol. The number of ether oxygens (including phenoxy) is 2. The summed E-state index contributed by atoms with van der Waals surface area (Å²) >= 11 is 0. The van der Waals surface area contributed by atoms with Crippen molar-refractivity contribution in [1.29, 1.82) is 0 Å². The molecule has 0 bridgehead atoms. The number of piperidine rings is 1. The number of nitrogens with zero attached hydrogens (tertiary/aromatic N) is 1. The average molecular weight is 265 g/mol. The molecular formula is C15H23NO3. The monoisotopic (exact) mass is 265 g/mol. The van der Waals surface area contributed by atoms with E-state index in [0.717, 1.165) is 31.5 Å². The summed E-state index contributed by atoms with van der Waals surface area (Å²) in [5.74, 6) is 0.980. The highest BCUT2D eigenvalue weighted by Crippen LogP contribution is 2.33. The van der Waals surface area contributed by atoms with E-state index in [9.17, 15) is 5.11 Å². The van der Waals surface area contributed by atoms with Crippen LogP contribution in [0.25, 0.3) is 0 Å². The molecule has 0 spiro atoms. The summed E-state index contributed by atoms with van der Waals surface area (Å²) in [6.45, 7) is 4.09. The Balaban J connectivity index is 2.12. The van der Waals surface area contributed by atoms with Crippen LogP contribution in [-0.2, 0) is 4.74 Å². The minimum Gasteiger partial charge on any atom is -0.507 e. The van der Waals surface area contributed by atoms with E-state index in [1.807, 2.05) is 12.1 Å². The van der Waals surface area contributed by atoms with Crippen LogP contribution in [0.1, 0.15) is 31.4 Å². The zero-order valence-electron chi connectivity index (χ0n) is 11.9. The normalized spacial score (nSPS) is 22.2. The minimum atomic E-state index is 0.184. The highest BCUT2D eigenvalue weighted by Gasteiger charge is 2.25. The van der Waals surface area contributed by atoms with Crippen molar-refractivity contribution < 1.29 is 14.6 Å². The molecule has 1 aliphatic heterocycles. The molecule has 19 heavy (non-hydrogen) atoms. The highest BCUT2D eigenvalue weighted by molar-refractivity contribution is 5.41. The minimum absolute atomic E-state index is 0.184. The number of hydrogen-bond donors (Lipinski definition) is 1. The van der Waals surface area contributed by atoms with Crippen molar-refractivity contribution in [3.8, 4) is 11.5 Å². The van der Waals surface area contributed by atoms with Crippen LogP contribution in [-0.4, -0.2) is 43.4 Å². The first-order valence-corrected chi connectivity index (χ1v) is 6.79. The largest absolute Gasteiger partial charge is 0.507 e.